The highest BCUT2D eigenvalue weighted by Gasteiger charge is 2.24. The SMILES string of the molecule is CC(C)Oc1c(NC(=O)C2CCOCC2)cccc1C(N)=O. The zero-order chi connectivity index (χ0) is 16.1. The van der Waals surface area contributed by atoms with Crippen molar-refractivity contribution >= 4 is 17.5 Å². The quantitative estimate of drug-likeness (QED) is 0.869. The maximum absolute atomic E-state index is 12.3. The van der Waals surface area contributed by atoms with E-state index in [1.807, 2.05) is 13.8 Å². The molecule has 1 saturated heterocycles. The number of carbonyl (C=O) groups is 2. The second-order valence-electron chi connectivity index (χ2n) is 5.59. The van der Waals surface area contributed by atoms with Crippen LogP contribution in [0.2, 0.25) is 0 Å². The van der Waals surface area contributed by atoms with Gasteiger partial charge in [0.25, 0.3) is 5.91 Å². The van der Waals surface area contributed by atoms with Crippen molar-refractivity contribution in [1.29, 1.82) is 0 Å². The van der Waals surface area contributed by atoms with Gasteiger partial charge in [-0.2, -0.15) is 0 Å². The van der Waals surface area contributed by atoms with Gasteiger partial charge in [-0.1, -0.05) is 6.07 Å². The number of primary amides is 1. The molecular formula is C16H22N2O4. The van der Waals surface area contributed by atoms with Gasteiger partial charge in [0.15, 0.2) is 5.75 Å². The highest BCUT2D eigenvalue weighted by Crippen LogP contribution is 2.31. The number of benzene rings is 1. The fraction of sp³-hybridized carbons (Fsp3) is 0.500. The van der Waals surface area contributed by atoms with Gasteiger partial charge < -0.3 is 20.5 Å². The minimum absolute atomic E-state index is 0.0847. The molecule has 0 saturated carbocycles. The van der Waals surface area contributed by atoms with Gasteiger partial charge in [0, 0.05) is 19.1 Å². The second kappa shape index (κ2) is 7.26. The zero-order valence-electron chi connectivity index (χ0n) is 12.9. The number of nitrogens with one attached hydrogen (secondary N) is 1. The minimum Gasteiger partial charge on any atom is -0.488 e. The lowest BCUT2D eigenvalue weighted by atomic mass is 9.99. The van der Waals surface area contributed by atoms with E-state index < -0.39 is 5.91 Å². The summed E-state index contributed by atoms with van der Waals surface area (Å²) >= 11 is 0. The van der Waals surface area contributed by atoms with E-state index in [0.717, 1.165) is 0 Å². The third-order valence-corrected chi connectivity index (χ3v) is 3.48. The monoisotopic (exact) mass is 306 g/mol. The van der Waals surface area contributed by atoms with E-state index in [4.69, 9.17) is 15.2 Å². The van der Waals surface area contributed by atoms with E-state index in [1.54, 1.807) is 18.2 Å². The van der Waals surface area contributed by atoms with E-state index in [2.05, 4.69) is 5.32 Å². The number of ether oxygens (including phenoxy) is 2. The van der Waals surface area contributed by atoms with Crippen molar-refractivity contribution in [1.82, 2.24) is 0 Å². The maximum atomic E-state index is 12.3. The Morgan fingerprint density at radius 1 is 1.32 bits per heavy atom. The molecule has 120 valence electrons. The summed E-state index contributed by atoms with van der Waals surface area (Å²) in [5.41, 5.74) is 6.12. The molecule has 2 amide bonds. The highest BCUT2D eigenvalue weighted by atomic mass is 16.5. The molecule has 0 aliphatic carbocycles. The third kappa shape index (κ3) is 3.98. The summed E-state index contributed by atoms with van der Waals surface area (Å²) in [5, 5.41) is 2.85. The van der Waals surface area contributed by atoms with Gasteiger partial charge >= 0.3 is 0 Å². The summed E-state index contributed by atoms with van der Waals surface area (Å²) in [6.45, 7) is 4.88. The molecule has 0 radical (unpaired) electrons. The maximum Gasteiger partial charge on any atom is 0.252 e. The van der Waals surface area contributed by atoms with Crippen LogP contribution in [0.15, 0.2) is 18.2 Å². The average molecular weight is 306 g/mol. The summed E-state index contributed by atoms with van der Waals surface area (Å²) in [4.78, 5) is 23.9. The number of amides is 2. The summed E-state index contributed by atoms with van der Waals surface area (Å²) in [7, 11) is 0. The van der Waals surface area contributed by atoms with Crippen molar-refractivity contribution in [3.63, 3.8) is 0 Å². The number of nitrogens with two attached hydrogens (primary N) is 1. The van der Waals surface area contributed by atoms with Gasteiger partial charge in [-0.3, -0.25) is 9.59 Å². The Morgan fingerprint density at radius 2 is 2.00 bits per heavy atom. The molecule has 22 heavy (non-hydrogen) atoms. The Labute approximate surface area is 130 Å². The van der Waals surface area contributed by atoms with Gasteiger partial charge in [-0.05, 0) is 38.8 Å². The summed E-state index contributed by atoms with van der Waals surface area (Å²) in [6, 6.07) is 4.97. The van der Waals surface area contributed by atoms with Crippen LogP contribution in [0.5, 0.6) is 5.75 Å². The van der Waals surface area contributed by atoms with E-state index >= 15 is 0 Å². The van der Waals surface area contributed by atoms with E-state index in [0.29, 0.717) is 37.5 Å². The Balaban J connectivity index is 2.23. The third-order valence-electron chi connectivity index (χ3n) is 3.48. The normalized spacial score (nSPS) is 15.6. The van der Waals surface area contributed by atoms with Crippen LogP contribution in [0, 0.1) is 5.92 Å². The van der Waals surface area contributed by atoms with Gasteiger partial charge in [0.05, 0.1) is 17.4 Å². The lowest BCUT2D eigenvalue weighted by molar-refractivity contribution is -0.122. The molecule has 0 bridgehead atoms. The Bertz CT molecular complexity index is 551. The number of carbonyl (C=O) groups excluding carboxylic acids is 2. The first kappa shape index (κ1) is 16.3. The smallest absolute Gasteiger partial charge is 0.252 e. The van der Waals surface area contributed by atoms with Gasteiger partial charge in [-0.25, -0.2) is 0 Å². The Kier molecular flexibility index (Phi) is 5.38. The molecule has 0 atom stereocenters. The van der Waals surface area contributed by atoms with Crippen LogP contribution < -0.4 is 15.8 Å². The second-order valence-corrected chi connectivity index (χ2v) is 5.59. The molecule has 6 heteroatoms. The molecule has 1 fully saturated rings. The van der Waals surface area contributed by atoms with Gasteiger partial charge in [0.2, 0.25) is 5.91 Å². The molecule has 0 unspecified atom stereocenters. The highest BCUT2D eigenvalue weighted by molar-refractivity contribution is 6.01. The minimum atomic E-state index is -0.585. The summed E-state index contributed by atoms with van der Waals surface area (Å²) in [5.74, 6) is -0.431. The number of rotatable bonds is 5. The van der Waals surface area contributed by atoms with Crippen LogP contribution in [0.3, 0.4) is 0 Å². The first-order chi connectivity index (χ1) is 10.5. The van der Waals surface area contributed by atoms with Crippen molar-refractivity contribution in [2.45, 2.75) is 32.8 Å². The predicted molar refractivity (Wildman–Crippen MR) is 82.9 cm³/mol. The molecule has 1 aliphatic heterocycles. The van der Waals surface area contributed by atoms with Crippen LogP contribution >= 0.6 is 0 Å². The average Bonchev–Trinajstić information content (AvgIpc) is 2.49. The van der Waals surface area contributed by atoms with E-state index in [-0.39, 0.29) is 23.5 Å². The van der Waals surface area contributed by atoms with Crippen LogP contribution in [-0.2, 0) is 9.53 Å². The van der Waals surface area contributed by atoms with Crippen molar-refractivity contribution in [2.75, 3.05) is 18.5 Å². The standard InChI is InChI=1S/C16H22N2O4/c1-10(2)22-14-12(15(17)19)4-3-5-13(14)18-16(20)11-6-8-21-9-7-11/h3-5,10-11H,6-9H2,1-2H3,(H2,17,19)(H,18,20). The van der Waals surface area contributed by atoms with E-state index in [9.17, 15) is 9.59 Å². The number of para-hydroxylation sites is 1. The fourth-order valence-electron chi connectivity index (χ4n) is 2.39. The molecule has 6 nitrogen and oxygen atoms in total. The molecule has 1 aromatic carbocycles. The van der Waals surface area contributed by atoms with Crippen molar-refractivity contribution in [3.05, 3.63) is 23.8 Å². The lowest BCUT2D eigenvalue weighted by Crippen LogP contribution is -2.29. The van der Waals surface area contributed by atoms with Gasteiger partial charge in [0.1, 0.15) is 0 Å². The molecule has 0 spiro atoms. The summed E-state index contributed by atoms with van der Waals surface area (Å²) < 4.78 is 10.9. The largest absolute Gasteiger partial charge is 0.488 e. The van der Waals surface area contributed by atoms with Crippen LogP contribution in [-0.4, -0.2) is 31.1 Å². The molecule has 1 aromatic rings. The van der Waals surface area contributed by atoms with Crippen LogP contribution in [0.4, 0.5) is 5.69 Å². The number of hydrogen-bond acceptors (Lipinski definition) is 4. The van der Waals surface area contributed by atoms with E-state index in [1.165, 1.54) is 0 Å². The zero-order valence-corrected chi connectivity index (χ0v) is 12.9. The molecule has 1 aliphatic rings. The molecule has 1 heterocycles. The van der Waals surface area contributed by atoms with Crippen LogP contribution in [0.25, 0.3) is 0 Å². The lowest BCUT2D eigenvalue weighted by Gasteiger charge is -2.23. The first-order valence-corrected chi connectivity index (χ1v) is 7.47. The fourth-order valence-corrected chi connectivity index (χ4v) is 2.39. The molecule has 0 aromatic heterocycles. The molecular weight excluding hydrogens is 284 g/mol. The number of anilines is 1. The predicted octanol–water partition coefficient (Wildman–Crippen LogP) is 1.94. The van der Waals surface area contributed by atoms with Gasteiger partial charge in [-0.15, -0.1) is 0 Å². The van der Waals surface area contributed by atoms with Crippen molar-refractivity contribution < 1.29 is 19.1 Å². The first-order valence-electron chi connectivity index (χ1n) is 7.47. The molecule has 2 rings (SSSR count). The van der Waals surface area contributed by atoms with Crippen LogP contribution in [0.1, 0.15) is 37.0 Å². The Morgan fingerprint density at radius 3 is 2.59 bits per heavy atom. The molecule has 3 N–H and O–H groups in total. The Hall–Kier alpha value is -2.08. The summed E-state index contributed by atoms with van der Waals surface area (Å²) in [6.07, 6.45) is 1.25. The topological polar surface area (TPSA) is 90.7 Å². The number of hydrogen-bond donors (Lipinski definition) is 2. The van der Waals surface area contributed by atoms with Crippen molar-refractivity contribution in [3.8, 4) is 5.75 Å². The van der Waals surface area contributed by atoms with Crippen molar-refractivity contribution in [2.24, 2.45) is 11.7 Å².